The predicted octanol–water partition coefficient (Wildman–Crippen LogP) is 1.31. The van der Waals surface area contributed by atoms with Gasteiger partial charge in [0.1, 0.15) is 5.75 Å². The van der Waals surface area contributed by atoms with E-state index < -0.39 is 6.10 Å². The summed E-state index contributed by atoms with van der Waals surface area (Å²) in [5, 5.41) is 12.0. The van der Waals surface area contributed by atoms with Gasteiger partial charge >= 0.3 is 0 Å². The van der Waals surface area contributed by atoms with E-state index in [1.807, 2.05) is 6.92 Å². The van der Waals surface area contributed by atoms with Crippen LogP contribution >= 0.6 is 0 Å². The molecule has 106 valence electrons. The van der Waals surface area contributed by atoms with Crippen LogP contribution in [0.3, 0.4) is 0 Å². The number of aliphatic hydroxyl groups excluding tert-OH is 1. The van der Waals surface area contributed by atoms with Crippen LogP contribution in [0.2, 0.25) is 0 Å². The zero-order valence-electron chi connectivity index (χ0n) is 11.4. The summed E-state index contributed by atoms with van der Waals surface area (Å²) in [5.74, 6) is 0.614. The van der Waals surface area contributed by atoms with Crippen LogP contribution in [0.4, 0.5) is 5.69 Å². The summed E-state index contributed by atoms with van der Waals surface area (Å²) in [5.41, 5.74) is 6.24. The van der Waals surface area contributed by atoms with E-state index in [1.54, 1.807) is 31.2 Å². The Kier molecular flexibility index (Phi) is 6.15. The largest absolute Gasteiger partial charge is 0.493 e. The molecule has 5 heteroatoms. The first-order chi connectivity index (χ1) is 8.97. The molecule has 0 bridgehead atoms. The number of nitrogen functional groups attached to an aromatic ring is 1. The Balaban J connectivity index is 2.21. The molecule has 1 aromatic carbocycles. The smallest absolute Gasteiger partial charge is 0.223 e. The minimum Gasteiger partial charge on any atom is -0.493 e. The number of carbonyl (C=O) groups excluding carboxylic acids is 1. The van der Waals surface area contributed by atoms with Gasteiger partial charge in [-0.05, 0) is 44.5 Å². The number of ether oxygens (including phenoxy) is 1. The van der Waals surface area contributed by atoms with E-state index in [2.05, 4.69) is 5.32 Å². The van der Waals surface area contributed by atoms with E-state index in [9.17, 15) is 9.90 Å². The van der Waals surface area contributed by atoms with Crippen LogP contribution in [0, 0.1) is 0 Å². The van der Waals surface area contributed by atoms with E-state index in [1.165, 1.54) is 0 Å². The predicted molar refractivity (Wildman–Crippen MR) is 74.9 cm³/mol. The standard InChI is InChI=1S/C14H22N2O3/c1-10(9-11(2)17)16-14(18)7-8-19-13-5-3-12(15)4-6-13/h3-6,10-11,17H,7-9,15H2,1-2H3,(H,16,18). The van der Waals surface area contributed by atoms with Crippen molar-refractivity contribution in [1.82, 2.24) is 5.32 Å². The van der Waals surface area contributed by atoms with Crippen LogP contribution in [0.25, 0.3) is 0 Å². The molecular weight excluding hydrogens is 244 g/mol. The molecule has 19 heavy (non-hydrogen) atoms. The molecule has 4 N–H and O–H groups in total. The summed E-state index contributed by atoms with van der Waals surface area (Å²) in [6.45, 7) is 3.88. The molecule has 0 aliphatic heterocycles. The van der Waals surface area contributed by atoms with Crippen LogP contribution < -0.4 is 15.8 Å². The Morgan fingerprint density at radius 2 is 2.00 bits per heavy atom. The third kappa shape index (κ3) is 6.67. The van der Waals surface area contributed by atoms with E-state index in [-0.39, 0.29) is 18.4 Å². The van der Waals surface area contributed by atoms with Crippen molar-refractivity contribution in [1.29, 1.82) is 0 Å². The van der Waals surface area contributed by atoms with Gasteiger partial charge in [-0.1, -0.05) is 0 Å². The van der Waals surface area contributed by atoms with Crippen molar-refractivity contribution in [2.75, 3.05) is 12.3 Å². The number of nitrogens with two attached hydrogens (primary N) is 1. The van der Waals surface area contributed by atoms with Gasteiger partial charge in [0, 0.05) is 11.7 Å². The second-order valence-corrected chi connectivity index (χ2v) is 4.72. The first kappa shape index (κ1) is 15.3. The Bertz CT molecular complexity index is 390. The van der Waals surface area contributed by atoms with Gasteiger partial charge in [-0.15, -0.1) is 0 Å². The average Bonchev–Trinajstić information content (AvgIpc) is 2.30. The first-order valence-electron chi connectivity index (χ1n) is 6.43. The topological polar surface area (TPSA) is 84.6 Å². The highest BCUT2D eigenvalue weighted by molar-refractivity contribution is 5.76. The van der Waals surface area contributed by atoms with Crippen molar-refractivity contribution in [2.45, 2.75) is 38.8 Å². The van der Waals surface area contributed by atoms with E-state index >= 15 is 0 Å². The van der Waals surface area contributed by atoms with Gasteiger partial charge in [0.25, 0.3) is 0 Å². The number of carbonyl (C=O) groups is 1. The SMILES string of the molecule is CC(O)CC(C)NC(=O)CCOc1ccc(N)cc1. The lowest BCUT2D eigenvalue weighted by Crippen LogP contribution is -2.35. The lowest BCUT2D eigenvalue weighted by Gasteiger charge is -2.15. The minimum atomic E-state index is -0.415. The van der Waals surface area contributed by atoms with Crippen molar-refractivity contribution in [3.8, 4) is 5.75 Å². The Hall–Kier alpha value is -1.75. The van der Waals surface area contributed by atoms with Crippen molar-refractivity contribution >= 4 is 11.6 Å². The number of amides is 1. The van der Waals surface area contributed by atoms with E-state index in [0.717, 1.165) is 0 Å². The average molecular weight is 266 g/mol. The van der Waals surface area contributed by atoms with Gasteiger partial charge in [-0.2, -0.15) is 0 Å². The molecule has 1 amide bonds. The van der Waals surface area contributed by atoms with E-state index in [0.29, 0.717) is 24.5 Å². The first-order valence-corrected chi connectivity index (χ1v) is 6.43. The number of aliphatic hydroxyl groups is 1. The highest BCUT2D eigenvalue weighted by Gasteiger charge is 2.09. The Morgan fingerprint density at radius 1 is 1.37 bits per heavy atom. The molecule has 2 unspecified atom stereocenters. The van der Waals surface area contributed by atoms with Crippen LogP contribution in [-0.2, 0) is 4.79 Å². The number of rotatable bonds is 7. The van der Waals surface area contributed by atoms with Crippen molar-refractivity contribution in [3.05, 3.63) is 24.3 Å². The Labute approximate surface area is 113 Å². The molecule has 0 aromatic heterocycles. The van der Waals surface area contributed by atoms with Gasteiger partial charge in [0.15, 0.2) is 0 Å². The van der Waals surface area contributed by atoms with Crippen LogP contribution in [0.15, 0.2) is 24.3 Å². The lowest BCUT2D eigenvalue weighted by molar-refractivity contribution is -0.122. The van der Waals surface area contributed by atoms with Gasteiger partial charge < -0.3 is 20.9 Å². The second-order valence-electron chi connectivity index (χ2n) is 4.72. The Morgan fingerprint density at radius 3 is 2.58 bits per heavy atom. The summed E-state index contributed by atoms with van der Waals surface area (Å²) in [6, 6.07) is 7.00. The zero-order valence-corrected chi connectivity index (χ0v) is 11.4. The van der Waals surface area contributed by atoms with Crippen molar-refractivity contribution < 1.29 is 14.6 Å². The van der Waals surface area contributed by atoms with Gasteiger partial charge in [-0.25, -0.2) is 0 Å². The number of hydrogen-bond acceptors (Lipinski definition) is 4. The zero-order chi connectivity index (χ0) is 14.3. The summed E-state index contributed by atoms with van der Waals surface area (Å²) >= 11 is 0. The maximum absolute atomic E-state index is 11.6. The fraction of sp³-hybridized carbons (Fsp3) is 0.500. The molecule has 0 fully saturated rings. The summed E-state index contributed by atoms with van der Waals surface area (Å²) in [4.78, 5) is 11.6. The summed E-state index contributed by atoms with van der Waals surface area (Å²) < 4.78 is 5.43. The number of benzene rings is 1. The number of hydrogen-bond donors (Lipinski definition) is 3. The fourth-order valence-electron chi connectivity index (χ4n) is 1.74. The molecule has 0 spiro atoms. The number of anilines is 1. The van der Waals surface area contributed by atoms with Crippen LogP contribution in [-0.4, -0.2) is 29.8 Å². The quantitative estimate of drug-likeness (QED) is 0.650. The normalized spacial score (nSPS) is 13.6. The van der Waals surface area contributed by atoms with Gasteiger partial charge in [0.2, 0.25) is 5.91 Å². The monoisotopic (exact) mass is 266 g/mol. The minimum absolute atomic E-state index is 0.0379. The summed E-state index contributed by atoms with van der Waals surface area (Å²) in [7, 11) is 0. The van der Waals surface area contributed by atoms with E-state index in [4.69, 9.17) is 10.5 Å². The van der Waals surface area contributed by atoms with Crippen LogP contribution in [0.1, 0.15) is 26.7 Å². The summed E-state index contributed by atoms with van der Waals surface area (Å²) in [6.07, 6.45) is 0.417. The highest BCUT2D eigenvalue weighted by Crippen LogP contribution is 2.13. The highest BCUT2D eigenvalue weighted by atomic mass is 16.5. The van der Waals surface area contributed by atoms with Gasteiger partial charge in [-0.3, -0.25) is 4.79 Å². The second kappa shape index (κ2) is 7.63. The van der Waals surface area contributed by atoms with Crippen molar-refractivity contribution in [3.63, 3.8) is 0 Å². The lowest BCUT2D eigenvalue weighted by atomic mass is 10.1. The van der Waals surface area contributed by atoms with Crippen molar-refractivity contribution in [2.24, 2.45) is 0 Å². The molecule has 0 aliphatic carbocycles. The third-order valence-electron chi connectivity index (χ3n) is 2.58. The molecule has 2 atom stereocenters. The molecule has 0 heterocycles. The maximum atomic E-state index is 11.6. The molecule has 0 saturated carbocycles. The molecule has 1 rings (SSSR count). The van der Waals surface area contributed by atoms with Crippen LogP contribution in [0.5, 0.6) is 5.75 Å². The molecule has 1 aromatic rings. The maximum Gasteiger partial charge on any atom is 0.223 e. The molecule has 0 saturated heterocycles. The molecular formula is C14H22N2O3. The molecule has 0 aliphatic rings. The molecule has 0 radical (unpaired) electrons. The molecule has 5 nitrogen and oxygen atoms in total. The third-order valence-corrected chi connectivity index (χ3v) is 2.58. The number of nitrogens with one attached hydrogen (secondary N) is 1. The van der Waals surface area contributed by atoms with Gasteiger partial charge in [0.05, 0.1) is 19.1 Å². The fourth-order valence-corrected chi connectivity index (χ4v) is 1.74.